The normalized spacial score (nSPS) is 10.6. The molecule has 0 aliphatic heterocycles. The third-order valence-corrected chi connectivity index (χ3v) is 3.76. The number of aromatic hydroxyl groups is 1. The van der Waals surface area contributed by atoms with Crippen LogP contribution in [-0.2, 0) is 13.0 Å². The summed E-state index contributed by atoms with van der Waals surface area (Å²) < 4.78 is 0. The van der Waals surface area contributed by atoms with Crippen molar-refractivity contribution in [3.05, 3.63) is 59.7 Å². The Morgan fingerprint density at radius 1 is 0.947 bits per heavy atom. The lowest BCUT2D eigenvalue weighted by atomic mass is 10.1. The lowest BCUT2D eigenvalue weighted by Gasteiger charge is -2.06. The smallest absolute Gasteiger partial charge is 0.115 e. The Bertz CT molecular complexity index is 493. The molecule has 0 bridgehead atoms. The van der Waals surface area contributed by atoms with Crippen molar-refractivity contribution in [3.8, 4) is 5.75 Å². The first-order chi connectivity index (χ1) is 9.28. The summed E-state index contributed by atoms with van der Waals surface area (Å²) in [6.45, 7) is 1.84. The molecule has 0 aromatic heterocycles. The van der Waals surface area contributed by atoms with E-state index in [2.05, 4.69) is 35.8 Å². The molecule has 0 radical (unpaired) electrons. The molecular formula is C16H19NOS. The first kappa shape index (κ1) is 14.0. The van der Waals surface area contributed by atoms with Crippen molar-refractivity contribution in [3.63, 3.8) is 0 Å². The molecule has 2 rings (SSSR count). The quantitative estimate of drug-likeness (QED) is 0.624. The highest BCUT2D eigenvalue weighted by Crippen LogP contribution is 2.14. The average Bonchev–Trinajstić information content (AvgIpc) is 2.46. The molecule has 0 amide bonds. The zero-order valence-electron chi connectivity index (χ0n) is 11.1. The van der Waals surface area contributed by atoms with Crippen molar-refractivity contribution in [1.29, 1.82) is 0 Å². The minimum atomic E-state index is 0.325. The number of phenolic OH excluding ortho intramolecular Hbond substituents is 1. The maximum absolute atomic E-state index is 9.20. The van der Waals surface area contributed by atoms with Gasteiger partial charge >= 0.3 is 0 Å². The molecule has 2 N–H and O–H groups in total. The third-order valence-electron chi connectivity index (χ3n) is 3.01. The molecule has 0 fully saturated rings. The number of nitrogens with one attached hydrogen (secondary N) is 1. The van der Waals surface area contributed by atoms with Gasteiger partial charge in [0.25, 0.3) is 0 Å². The molecule has 0 aliphatic carbocycles. The van der Waals surface area contributed by atoms with Crippen LogP contribution in [0.1, 0.15) is 11.1 Å². The first-order valence-corrected chi connectivity index (χ1v) is 7.62. The average molecular weight is 273 g/mol. The molecule has 100 valence electrons. The Hall–Kier alpha value is -1.45. The number of phenols is 1. The van der Waals surface area contributed by atoms with E-state index >= 15 is 0 Å². The van der Waals surface area contributed by atoms with Gasteiger partial charge in [0.15, 0.2) is 0 Å². The van der Waals surface area contributed by atoms with Gasteiger partial charge in [0.2, 0.25) is 0 Å². The first-order valence-electron chi connectivity index (χ1n) is 6.39. The molecular weight excluding hydrogens is 254 g/mol. The van der Waals surface area contributed by atoms with Gasteiger partial charge in [-0.1, -0.05) is 24.3 Å². The van der Waals surface area contributed by atoms with E-state index in [4.69, 9.17) is 0 Å². The molecule has 0 atom stereocenters. The van der Waals surface area contributed by atoms with E-state index < -0.39 is 0 Å². The zero-order valence-corrected chi connectivity index (χ0v) is 11.9. The highest BCUT2D eigenvalue weighted by atomic mass is 32.2. The SMILES string of the molecule is CSc1ccc(CNCCc2ccc(O)cc2)cc1. The van der Waals surface area contributed by atoms with Gasteiger partial charge in [0.1, 0.15) is 5.75 Å². The fraction of sp³-hybridized carbons (Fsp3) is 0.250. The summed E-state index contributed by atoms with van der Waals surface area (Å²) in [6.07, 6.45) is 3.06. The summed E-state index contributed by atoms with van der Waals surface area (Å²) in [5, 5.41) is 12.6. The van der Waals surface area contributed by atoms with E-state index in [9.17, 15) is 5.11 Å². The number of hydrogen-bond donors (Lipinski definition) is 2. The minimum Gasteiger partial charge on any atom is -0.508 e. The predicted octanol–water partition coefficient (Wildman–Crippen LogP) is 3.45. The van der Waals surface area contributed by atoms with Crippen molar-refractivity contribution >= 4 is 11.8 Å². The van der Waals surface area contributed by atoms with Crippen LogP contribution in [-0.4, -0.2) is 17.9 Å². The number of rotatable bonds is 6. The highest BCUT2D eigenvalue weighted by molar-refractivity contribution is 7.98. The second-order valence-corrected chi connectivity index (χ2v) is 5.32. The number of thioether (sulfide) groups is 1. The van der Waals surface area contributed by atoms with E-state index in [1.54, 1.807) is 23.9 Å². The Kier molecular flexibility index (Phi) is 5.31. The Morgan fingerprint density at radius 2 is 1.58 bits per heavy atom. The molecule has 3 heteroatoms. The summed E-state index contributed by atoms with van der Waals surface area (Å²) >= 11 is 1.76. The molecule has 2 aromatic rings. The van der Waals surface area contributed by atoms with E-state index in [1.165, 1.54) is 16.0 Å². The van der Waals surface area contributed by atoms with Crippen LogP contribution in [0.25, 0.3) is 0 Å². The van der Waals surface area contributed by atoms with Gasteiger partial charge in [-0.05, 0) is 54.6 Å². The second kappa shape index (κ2) is 7.22. The zero-order chi connectivity index (χ0) is 13.5. The van der Waals surface area contributed by atoms with Crippen molar-refractivity contribution in [2.24, 2.45) is 0 Å². The van der Waals surface area contributed by atoms with Gasteiger partial charge in [0.05, 0.1) is 0 Å². The molecule has 2 nitrogen and oxygen atoms in total. The Morgan fingerprint density at radius 3 is 2.21 bits per heavy atom. The lowest BCUT2D eigenvalue weighted by molar-refractivity contribution is 0.475. The van der Waals surface area contributed by atoms with Gasteiger partial charge in [-0.15, -0.1) is 11.8 Å². The van der Waals surface area contributed by atoms with E-state index in [0.717, 1.165) is 19.5 Å². The fourth-order valence-electron chi connectivity index (χ4n) is 1.87. The Labute approximate surface area is 118 Å². The van der Waals surface area contributed by atoms with E-state index in [0.29, 0.717) is 5.75 Å². The standard InChI is InChI=1S/C16H19NOS/c1-19-16-8-4-14(5-9-16)12-17-11-10-13-2-6-15(18)7-3-13/h2-9,17-18H,10-12H2,1H3. The topological polar surface area (TPSA) is 32.3 Å². The highest BCUT2D eigenvalue weighted by Gasteiger charge is 1.96. The van der Waals surface area contributed by atoms with Crippen LogP contribution < -0.4 is 5.32 Å². The van der Waals surface area contributed by atoms with Crippen LogP contribution in [0, 0.1) is 0 Å². The summed E-state index contributed by atoms with van der Waals surface area (Å²) in [4.78, 5) is 1.30. The molecule has 2 aromatic carbocycles. The number of benzene rings is 2. The summed E-state index contributed by atoms with van der Waals surface area (Å²) in [5.41, 5.74) is 2.55. The predicted molar refractivity (Wildman–Crippen MR) is 81.7 cm³/mol. The molecule has 0 heterocycles. The van der Waals surface area contributed by atoms with E-state index in [-0.39, 0.29) is 0 Å². The van der Waals surface area contributed by atoms with Crippen LogP contribution in [0.3, 0.4) is 0 Å². The number of hydrogen-bond acceptors (Lipinski definition) is 3. The van der Waals surface area contributed by atoms with Gasteiger partial charge in [0, 0.05) is 11.4 Å². The van der Waals surface area contributed by atoms with Crippen LogP contribution in [0.5, 0.6) is 5.75 Å². The van der Waals surface area contributed by atoms with Crippen LogP contribution in [0.15, 0.2) is 53.4 Å². The van der Waals surface area contributed by atoms with Crippen molar-refractivity contribution in [1.82, 2.24) is 5.32 Å². The largest absolute Gasteiger partial charge is 0.508 e. The van der Waals surface area contributed by atoms with Crippen LogP contribution in [0.4, 0.5) is 0 Å². The van der Waals surface area contributed by atoms with Gasteiger partial charge in [-0.2, -0.15) is 0 Å². The van der Waals surface area contributed by atoms with E-state index in [1.807, 2.05) is 12.1 Å². The summed E-state index contributed by atoms with van der Waals surface area (Å²) in [6, 6.07) is 16.0. The molecule has 0 aliphatic rings. The molecule has 19 heavy (non-hydrogen) atoms. The van der Waals surface area contributed by atoms with Crippen molar-refractivity contribution in [2.45, 2.75) is 17.9 Å². The van der Waals surface area contributed by atoms with Gasteiger partial charge < -0.3 is 10.4 Å². The summed E-state index contributed by atoms with van der Waals surface area (Å²) in [5.74, 6) is 0.325. The Balaban J connectivity index is 1.72. The monoisotopic (exact) mass is 273 g/mol. The van der Waals surface area contributed by atoms with Crippen molar-refractivity contribution in [2.75, 3.05) is 12.8 Å². The lowest BCUT2D eigenvalue weighted by Crippen LogP contribution is -2.16. The van der Waals surface area contributed by atoms with Gasteiger partial charge in [-0.3, -0.25) is 0 Å². The fourth-order valence-corrected chi connectivity index (χ4v) is 2.28. The maximum Gasteiger partial charge on any atom is 0.115 e. The second-order valence-electron chi connectivity index (χ2n) is 4.44. The minimum absolute atomic E-state index is 0.325. The molecule has 0 saturated carbocycles. The van der Waals surface area contributed by atoms with Crippen LogP contribution >= 0.6 is 11.8 Å². The molecule has 0 spiro atoms. The van der Waals surface area contributed by atoms with Crippen molar-refractivity contribution < 1.29 is 5.11 Å². The summed E-state index contributed by atoms with van der Waals surface area (Å²) in [7, 11) is 0. The van der Waals surface area contributed by atoms with Gasteiger partial charge in [-0.25, -0.2) is 0 Å². The molecule has 0 unspecified atom stereocenters. The van der Waals surface area contributed by atoms with Crippen LogP contribution in [0.2, 0.25) is 0 Å². The maximum atomic E-state index is 9.20. The molecule has 0 saturated heterocycles. The third kappa shape index (κ3) is 4.62.